The number of rotatable bonds is 6. The number of hydrogen-bond acceptors (Lipinski definition) is 3. The fourth-order valence-corrected chi connectivity index (χ4v) is 2.37. The maximum Gasteiger partial charge on any atom is 0.0766 e. The fraction of sp³-hybridized carbons (Fsp3) is 0.294. The zero-order chi connectivity index (χ0) is 15.4. The van der Waals surface area contributed by atoms with Gasteiger partial charge >= 0.3 is 0 Å². The van der Waals surface area contributed by atoms with E-state index in [-0.39, 0.29) is 0 Å². The first kappa shape index (κ1) is 14.5. The van der Waals surface area contributed by atoms with Crippen molar-refractivity contribution >= 4 is 0 Å². The van der Waals surface area contributed by atoms with Crippen LogP contribution in [0, 0.1) is 0 Å². The van der Waals surface area contributed by atoms with Crippen molar-refractivity contribution in [2.75, 3.05) is 0 Å². The molecule has 0 radical (unpaired) electrons. The van der Waals surface area contributed by atoms with Crippen LogP contribution < -0.4 is 5.32 Å². The van der Waals surface area contributed by atoms with Crippen LogP contribution in [0.15, 0.2) is 61.1 Å². The van der Waals surface area contributed by atoms with Crippen LogP contribution in [0.3, 0.4) is 0 Å². The first-order valence-electron chi connectivity index (χ1n) is 7.56. The molecule has 5 heteroatoms. The highest BCUT2D eigenvalue weighted by molar-refractivity contribution is 5.30. The summed E-state index contributed by atoms with van der Waals surface area (Å²) in [4.78, 5) is 0. The van der Waals surface area contributed by atoms with Crippen LogP contribution >= 0.6 is 0 Å². The van der Waals surface area contributed by atoms with Crippen molar-refractivity contribution < 1.29 is 0 Å². The van der Waals surface area contributed by atoms with Gasteiger partial charge in [-0.1, -0.05) is 18.2 Å². The Morgan fingerprint density at radius 1 is 1.05 bits per heavy atom. The first-order chi connectivity index (χ1) is 10.7. The third-order valence-electron chi connectivity index (χ3n) is 3.94. The van der Waals surface area contributed by atoms with Crippen molar-refractivity contribution in [3.8, 4) is 5.69 Å². The molecule has 114 valence electrons. The second-order valence-corrected chi connectivity index (χ2v) is 5.48. The topological polar surface area (TPSA) is 47.7 Å². The molecule has 2 heterocycles. The molecular formula is C17H21N5. The molecule has 0 saturated heterocycles. The Morgan fingerprint density at radius 3 is 2.59 bits per heavy atom. The third-order valence-corrected chi connectivity index (χ3v) is 3.94. The number of nitrogens with one attached hydrogen (secondary N) is 1. The van der Waals surface area contributed by atoms with E-state index in [2.05, 4.69) is 29.4 Å². The number of para-hydroxylation sites is 1. The standard InChI is InChI=1S/C17H21N5/c1-14(15(2)21-11-6-10-19-21)18-13-16-9-12-22(20-16)17-7-4-3-5-8-17/h3-12,14-15,18H,13H2,1-2H3/t14-,15-/m1/s1. The Hall–Kier alpha value is -2.40. The summed E-state index contributed by atoms with van der Waals surface area (Å²) in [6.07, 6.45) is 5.80. The largest absolute Gasteiger partial charge is 0.306 e. The molecule has 3 aromatic rings. The highest BCUT2D eigenvalue weighted by Crippen LogP contribution is 2.10. The van der Waals surface area contributed by atoms with Gasteiger partial charge in [-0.15, -0.1) is 0 Å². The van der Waals surface area contributed by atoms with Gasteiger partial charge in [-0.05, 0) is 38.1 Å². The van der Waals surface area contributed by atoms with Gasteiger partial charge in [0.05, 0.1) is 17.4 Å². The maximum absolute atomic E-state index is 4.61. The molecular weight excluding hydrogens is 274 g/mol. The monoisotopic (exact) mass is 295 g/mol. The van der Waals surface area contributed by atoms with Gasteiger partial charge < -0.3 is 5.32 Å². The van der Waals surface area contributed by atoms with Gasteiger partial charge in [0.25, 0.3) is 0 Å². The van der Waals surface area contributed by atoms with Crippen molar-refractivity contribution in [1.29, 1.82) is 0 Å². The average molecular weight is 295 g/mol. The Morgan fingerprint density at radius 2 is 1.86 bits per heavy atom. The summed E-state index contributed by atoms with van der Waals surface area (Å²) in [7, 11) is 0. The van der Waals surface area contributed by atoms with E-state index in [0.29, 0.717) is 12.1 Å². The summed E-state index contributed by atoms with van der Waals surface area (Å²) in [6, 6.07) is 14.7. The molecule has 0 amide bonds. The Labute approximate surface area is 130 Å². The van der Waals surface area contributed by atoms with E-state index in [1.54, 1.807) is 0 Å². The van der Waals surface area contributed by atoms with E-state index in [9.17, 15) is 0 Å². The summed E-state index contributed by atoms with van der Waals surface area (Å²) in [5.74, 6) is 0. The molecule has 5 nitrogen and oxygen atoms in total. The minimum Gasteiger partial charge on any atom is -0.306 e. The minimum atomic E-state index is 0.297. The SMILES string of the molecule is C[C@H]([C@@H](C)NCc1ccn(-c2ccccc2)n1)n1cccn1. The van der Waals surface area contributed by atoms with Gasteiger partial charge in [0.2, 0.25) is 0 Å². The molecule has 0 aliphatic carbocycles. The lowest BCUT2D eigenvalue weighted by Crippen LogP contribution is -2.33. The summed E-state index contributed by atoms with van der Waals surface area (Å²) in [5.41, 5.74) is 2.11. The summed E-state index contributed by atoms with van der Waals surface area (Å²) in [6.45, 7) is 5.07. The summed E-state index contributed by atoms with van der Waals surface area (Å²) in [5, 5.41) is 12.4. The highest BCUT2D eigenvalue weighted by Gasteiger charge is 2.14. The van der Waals surface area contributed by atoms with Crippen LogP contribution in [0.4, 0.5) is 0 Å². The summed E-state index contributed by atoms with van der Waals surface area (Å²) >= 11 is 0. The van der Waals surface area contributed by atoms with Gasteiger partial charge in [0.1, 0.15) is 0 Å². The van der Waals surface area contributed by atoms with Crippen molar-refractivity contribution in [3.63, 3.8) is 0 Å². The van der Waals surface area contributed by atoms with Gasteiger partial charge in [0.15, 0.2) is 0 Å². The van der Waals surface area contributed by atoms with Crippen LogP contribution in [-0.4, -0.2) is 25.6 Å². The van der Waals surface area contributed by atoms with Crippen molar-refractivity contribution in [1.82, 2.24) is 24.9 Å². The molecule has 0 aliphatic heterocycles. The first-order valence-corrected chi connectivity index (χ1v) is 7.56. The lowest BCUT2D eigenvalue weighted by Gasteiger charge is -2.21. The molecule has 2 aromatic heterocycles. The molecule has 0 unspecified atom stereocenters. The number of benzene rings is 1. The summed E-state index contributed by atoms with van der Waals surface area (Å²) < 4.78 is 3.87. The molecule has 0 saturated carbocycles. The van der Waals surface area contributed by atoms with Crippen LogP contribution in [0.2, 0.25) is 0 Å². The molecule has 3 rings (SSSR count). The smallest absolute Gasteiger partial charge is 0.0766 e. The predicted octanol–water partition coefficient (Wildman–Crippen LogP) is 2.81. The molecule has 0 aliphatic rings. The van der Waals surface area contributed by atoms with E-state index < -0.39 is 0 Å². The van der Waals surface area contributed by atoms with E-state index in [4.69, 9.17) is 0 Å². The fourth-order valence-electron chi connectivity index (χ4n) is 2.37. The van der Waals surface area contributed by atoms with Crippen LogP contribution in [0.1, 0.15) is 25.6 Å². The highest BCUT2D eigenvalue weighted by atomic mass is 15.3. The Balaban J connectivity index is 1.59. The molecule has 1 aromatic carbocycles. The van der Waals surface area contributed by atoms with E-state index in [1.807, 2.05) is 70.4 Å². The second kappa shape index (κ2) is 6.58. The van der Waals surface area contributed by atoms with Crippen molar-refractivity contribution in [2.45, 2.75) is 32.5 Å². The number of nitrogens with zero attached hydrogens (tertiary/aromatic N) is 4. The minimum absolute atomic E-state index is 0.297. The van der Waals surface area contributed by atoms with Gasteiger partial charge in [-0.3, -0.25) is 4.68 Å². The molecule has 22 heavy (non-hydrogen) atoms. The molecule has 0 spiro atoms. The lowest BCUT2D eigenvalue weighted by molar-refractivity contribution is 0.363. The third kappa shape index (κ3) is 3.26. The van der Waals surface area contributed by atoms with Gasteiger partial charge in [0, 0.05) is 31.2 Å². The van der Waals surface area contributed by atoms with E-state index in [1.165, 1.54) is 0 Å². The quantitative estimate of drug-likeness (QED) is 0.760. The zero-order valence-electron chi connectivity index (χ0n) is 12.9. The number of aromatic nitrogens is 4. The predicted molar refractivity (Wildman–Crippen MR) is 86.8 cm³/mol. The van der Waals surface area contributed by atoms with Gasteiger partial charge in [-0.2, -0.15) is 10.2 Å². The van der Waals surface area contributed by atoms with Crippen LogP contribution in [0.5, 0.6) is 0 Å². The van der Waals surface area contributed by atoms with E-state index in [0.717, 1.165) is 17.9 Å². The Kier molecular flexibility index (Phi) is 4.34. The zero-order valence-corrected chi connectivity index (χ0v) is 12.9. The lowest BCUT2D eigenvalue weighted by atomic mass is 10.1. The van der Waals surface area contributed by atoms with Crippen LogP contribution in [0.25, 0.3) is 5.69 Å². The van der Waals surface area contributed by atoms with Crippen LogP contribution in [-0.2, 0) is 6.54 Å². The van der Waals surface area contributed by atoms with E-state index >= 15 is 0 Å². The maximum atomic E-state index is 4.61. The molecule has 0 fully saturated rings. The second-order valence-electron chi connectivity index (χ2n) is 5.48. The molecule has 0 bridgehead atoms. The van der Waals surface area contributed by atoms with Crippen molar-refractivity contribution in [2.24, 2.45) is 0 Å². The normalized spacial score (nSPS) is 13.9. The Bertz CT molecular complexity index is 687. The molecule has 2 atom stereocenters. The van der Waals surface area contributed by atoms with Gasteiger partial charge in [-0.25, -0.2) is 4.68 Å². The average Bonchev–Trinajstić information content (AvgIpc) is 3.24. The molecule has 1 N–H and O–H groups in total. The van der Waals surface area contributed by atoms with Crippen molar-refractivity contribution in [3.05, 3.63) is 66.7 Å². The number of hydrogen-bond donors (Lipinski definition) is 1.